The van der Waals surface area contributed by atoms with Crippen LogP contribution in [0.15, 0.2) is 72.8 Å². The van der Waals surface area contributed by atoms with Crippen LogP contribution in [0.3, 0.4) is 0 Å². The Hall–Kier alpha value is -3.34. The molecule has 0 aromatic heterocycles. The van der Waals surface area contributed by atoms with Crippen molar-refractivity contribution in [1.29, 1.82) is 0 Å². The van der Waals surface area contributed by atoms with Gasteiger partial charge < -0.3 is 15.0 Å². The Morgan fingerprint density at radius 3 is 2.00 bits per heavy atom. The quantitative estimate of drug-likeness (QED) is 0.218. The van der Waals surface area contributed by atoms with E-state index >= 15 is 0 Å². The number of benzene rings is 3. The average molecular weight is 633 g/mol. The zero-order valence-corrected chi connectivity index (χ0v) is 26.6. The summed E-state index contributed by atoms with van der Waals surface area (Å²) in [5, 5.41) is 2.97. The molecule has 0 radical (unpaired) electrons. The zero-order valence-electron chi connectivity index (χ0n) is 25.0. The lowest BCUT2D eigenvalue weighted by atomic mass is 9.98. The summed E-state index contributed by atoms with van der Waals surface area (Å²) < 4.78 is 44.5. The van der Waals surface area contributed by atoms with Crippen LogP contribution in [0.5, 0.6) is 11.5 Å². The van der Waals surface area contributed by atoms with Crippen LogP contribution < -0.4 is 14.8 Å². The Labute approximate surface area is 261 Å². The van der Waals surface area contributed by atoms with E-state index < -0.39 is 10.0 Å². The van der Waals surface area contributed by atoms with Crippen LogP contribution in [-0.4, -0.2) is 56.2 Å². The zero-order chi connectivity index (χ0) is 30.1. The average Bonchev–Trinajstić information content (AvgIpc) is 2.97. The molecule has 1 heterocycles. The van der Waals surface area contributed by atoms with E-state index in [0.717, 1.165) is 51.6 Å². The number of sulfonamides is 1. The number of carbonyl (C=O) groups excluding carboxylic acids is 1. The smallest absolute Gasteiger partial charge is 0.322 e. The number of rotatable bonds is 12. The third-order valence-corrected chi connectivity index (χ3v) is 8.29. The van der Waals surface area contributed by atoms with Crippen LogP contribution >= 0.6 is 12.4 Å². The first-order chi connectivity index (χ1) is 20.1. The van der Waals surface area contributed by atoms with E-state index in [0.29, 0.717) is 35.3 Å². The Morgan fingerprint density at radius 2 is 1.47 bits per heavy atom. The van der Waals surface area contributed by atoms with Crippen molar-refractivity contribution in [3.8, 4) is 11.5 Å². The van der Waals surface area contributed by atoms with Gasteiger partial charge in [-0.3, -0.25) is 9.62 Å². The van der Waals surface area contributed by atoms with Gasteiger partial charge in [0.25, 0.3) is 0 Å². The molecule has 0 bridgehead atoms. The van der Waals surface area contributed by atoms with E-state index in [-0.39, 0.29) is 30.3 Å². The number of nitrogens with zero attached hydrogens (tertiary/aromatic N) is 2. The van der Waals surface area contributed by atoms with E-state index in [2.05, 4.69) is 40.9 Å². The molecule has 2 amide bonds. The minimum absolute atomic E-state index is 0. The molecule has 11 heteroatoms. The number of piperidine rings is 1. The van der Waals surface area contributed by atoms with Gasteiger partial charge in [0.15, 0.2) is 0 Å². The number of anilines is 2. The van der Waals surface area contributed by atoms with Crippen molar-refractivity contribution >= 4 is 39.8 Å². The molecule has 0 atom stereocenters. The van der Waals surface area contributed by atoms with E-state index in [9.17, 15) is 17.6 Å². The number of ether oxygens (including phenoxy) is 1. The van der Waals surface area contributed by atoms with Gasteiger partial charge in [-0.25, -0.2) is 17.6 Å². The number of urea groups is 1. The fraction of sp³-hybridized carbons (Fsp3) is 0.406. The summed E-state index contributed by atoms with van der Waals surface area (Å²) in [6.07, 6.45) is 4.93. The van der Waals surface area contributed by atoms with Gasteiger partial charge in [-0.15, -0.1) is 12.4 Å². The van der Waals surface area contributed by atoms with Crippen LogP contribution in [0.25, 0.3) is 0 Å². The van der Waals surface area contributed by atoms with Crippen LogP contribution in [0.2, 0.25) is 0 Å². The molecular formula is C32H42ClFN4O4S. The fourth-order valence-corrected chi connectivity index (χ4v) is 5.77. The molecule has 234 valence electrons. The highest BCUT2D eigenvalue weighted by molar-refractivity contribution is 7.92. The van der Waals surface area contributed by atoms with Gasteiger partial charge in [0, 0.05) is 43.6 Å². The van der Waals surface area contributed by atoms with Gasteiger partial charge in [0.1, 0.15) is 17.3 Å². The van der Waals surface area contributed by atoms with Crippen LogP contribution in [0, 0.1) is 11.7 Å². The Kier molecular flexibility index (Phi) is 12.7. The Bertz CT molecular complexity index is 1390. The van der Waals surface area contributed by atoms with Gasteiger partial charge in [0.2, 0.25) is 10.0 Å². The third kappa shape index (κ3) is 10.7. The summed E-state index contributed by atoms with van der Waals surface area (Å²) >= 11 is 0. The summed E-state index contributed by atoms with van der Waals surface area (Å²) in [6, 6.07) is 20.7. The van der Waals surface area contributed by atoms with Gasteiger partial charge in [-0.2, -0.15) is 0 Å². The SMILES string of the molecule is CCC(CC)CN(C(=O)Nc1ccc(F)cc1)C1CCN(Cc2ccc(Oc3ccc(NS(C)(=O)=O)cc3)cc2)CC1.Cl. The first kappa shape index (κ1) is 34.2. The van der Waals surface area contributed by atoms with Crippen molar-refractivity contribution in [3.05, 3.63) is 84.2 Å². The molecule has 4 rings (SSSR count). The van der Waals surface area contributed by atoms with E-state index in [1.807, 2.05) is 17.0 Å². The summed E-state index contributed by atoms with van der Waals surface area (Å²) in [7, 11) is -3.32. The van der Waals surface area contributed by atoms with Crippen molar-refractivity contribution in [2.45, 2.75) is 52.1 Å². The number of halogens is 2. The summed E-state index contributed by atoms with van der Waals surface area (Å²) in [6.45, 7) is 7.63. The maximum atomic E-state index is 13.3. The molecular weight excluding hydrogens is 591 g/mol. The molecule has 0 unspecified atom stereocenters. The van der Waals surface area contributed by atoms with Crippen LogP contribution in [0.4, 0.5) is 20.6 Å². The second-order valence-corrected chi connectivity index (χ2v) is 12.7. The number of carbonyl (C=O) groups is 1. The number of hydrogen-bond acceptors (Lipinski definition) is 5. The molecule has 0 spiro atoms. The molecule has 2 N–H and O–H groups in total. The number of hydrogen-bond donors (Lipinski definition) is 2. The highest BCUT2D eigenvalue weighted by atomic mass is 35.5. The molecule has 1 saturated heterocycles. The Balaban J connectivity index is 0.00000506. The molecule has 0 saturated carbocycles. The lowest BCUT2D eigenvalue weighted by molar-refractivity contribution is 0.112. The molecule has 1 aliphatic heterocycles. The normalized spacial score (nSPS) is 14.2. The maximum absolute atomic E-state index is 13.3. The second-order valence-electron chi connectivity index (χ2n) is 10.9. The fourth-order valence-electron chi connectivity index (χ4n) is 5.20. The lowest BCUT2D eigenvalue weighted by Gasteiger charge is -2.40. The van der Waals surface area contributed by atoms with E-state index in [4.69, 9.17) is 4.74 Å². The molecule has 3 aromatic carbocycles. The predicted molar refractivity (Wildman–Crippen MR) is 173 cm³/mol. The van der Waals surface area contributed by atoms with E-state index in [1.54, 1.807) is 36.4 Å². The Morgan fingerprint density at radius 1 is 0.930 bits per heavy atom. The number of likely N-dealkylation sites (tertiary alicyclic amines) is 1. The first-order valence-corrected chi connectivity index (χ1v) is 16.4. The van der Waals surface area contributed by atoms with Crippen molar-refractivity contribution in [2.24, 2.45) is 5.92 Å². The van der Waals surface area contributed by atoms with Gasteiger partial charge in [-0.1, -0.05) is 38.8 Å². The summed E-state index contributed by atoms with van der Waals surface area (Å²) in [5.41, 5.74) is 2.26. The maximum Gasteiger partial charge on any atom is 0.322 e. The second kappa shape index (κ2) is 15.9. The minimum Gasteiger partial charge on any atom is -0.457 e. The van der Waals surface area contributed by atoms with Gasteiger partial charge in [0.05, 0.1) is 6.26 Å². The topological polar surface area (TPSA) is 91.0 Å². The minimum atomic E-state index is -3.32. The third-order valence-electron chi connectivity index (χ3n) is 7.69. The molecule has 43 heavy (non-hydrogen) atoms. The molecule has 1 aliphatic rings. The van der Waals surface area contributed by atoms with Crippen molar-refractivity contribution in [2.75, 3.05) is 35.9 Å². The van der Waals surface area contributed by atoms with Crippen molar-refractivity contribution in [3.63, 3.8) is 0 Å². The van der Waals surface area contributed by atoms with Crippen molar-refractivity contribution < 1.29 is 22.3 Å². The standard InChI is InChI=1S/C32H41FN4O4S.ClH/c1-4-24(5-2)23-37(32(38)34-27-10-8-26(33)9-11-27)29-18-20-36(21-19-29)22-25-6-14-30(15-7-25)41-31-16-12-28(13-17-31)35-42(3,39)40;/h6-17,24,29,35H,4-5,18-23H2,1-3H3,(H,34,38);1H. The highest BCUT2D eigenvalue weighted by Gasteiger charge is 2.29. The van der Waals surface area contributed by atoms with Crippen LogP contribution in [-0.2, 0) is 16.6 Å². The molecule has 0 aliphatic carbocycles. The number of nitrogens with one attached hydrogen (secondary N) is 2. The molecule has 3 aromatic rings. The van der Waals surface area contributed by atoms with Crippen molar-refractivity contribution in [1.82, 2.24) is 9.80 Å². The van der Waals surface area contributed by atoms with E-state index in [1.165, 1.54) is 17.7 Å². The molecule has 1 fully saturated rings. The summed E-state index contributed by atoms with van der Waals surface area (Å²) in [5.74, 6) is 1.42. The number of amides is 2. The predicted octanol–water partition coefficient (Wildman–Crippen LogP) is 7.35. The van der Waals surface area contributed by atoms with Crippen LogP contribution in [0.1, 0.15) is 45.1 Å². The van der Waals surface area contributed by atoms with Gasteiger partial charge in [-0.05, 0) is 85.0 Å². The molecule has 8 nitrogen and oxygen atoms in total. The lowest BCUT2D eigenvalue weighted by Crippen LogP contribution is -2.50. The van der Waals surface area contributed by atoms with Gasteiger partial charge >= 0.3 is 6.03 Å². The first-order valence-electron chi connectivity index (χ1n) is 14.5. The largest absolute Gasteiger partial charge is 0.457 e. The summed E-state index contributed by atoms with van der Waals surface area (Å²) in [4.78, 5) is 17.7. The highest BCUT2D eigenvalue weighted by Crippen LogP contribution is 2.26. The monoisotopic (exact) mass is 632 g/mol.